The van der Waals surface area contributed by atoms with Crippen molar-refractivity contribution in [3.63, 3.8) is 0 Å². The summed E-state index contributed by atoms with van der Waals surface area (Å²) in [7, 11) is 0. The number of rotatable bonds is 13. The van der Waals surface area contributed by atoms with Crippen molar-refractivity contribution >= 4 is 23.8 Å². The van der Waals surface area contributed by atoms with E-state index in [4.69, 9.17) is 5.11 Å². The summed E-state index contributed by atoms with van der Waals surface area (Å²) in [6.45, 7) is 1.39. The van der Waals surface area contributed by atoms with Gasteiger partial charge in [0.2, 0.25) is 0 Å². The molecule has 3 N–H and O–H groups in total. The van der Waals surface area contributed by atoms with Crippen molar-refractivity contribution in [2.24, 2.45) is 0 Å². The Bertz CT molecular complexity index is 263. The van der Waals surface area contributed by atoms with Crippen molar-refractivity contribution in [3.8, 4) is 0 Å². The average molecular weight is 304 g/mol. The maximum absolute atomic E-state index is 11.4. The largest absolute Gasteiger partial charge is 0.481 e. The van der Waals surface area contributed by atoms with Crippen LogP contribution in [-0.2, 0) is 4.79 Å². The van der Waals surface area contributed by atoms with E-state index in [1.54, 1.807) is 0 Å². The van der Waals surface area contributed by atoms with Gasteiger partial charge in [0.05, 0.1) is 0 Å². The lowest BCUT2D eigenvalue weighted by atomic mass is 10.1. The van der Waals surface area contributed by atoms with E-state index >= 15 is 0 Å². The summed E-state index contributed by atoms with van der Waals surface area (Å²) in [5, 5.41) is 14.1. The van der Waals surface area contributed by atoms with Crippen LogP contribution in [0.25, 0.3) is 0 Å². The molecule has 0 aliphatic rings. The molecular formula is C14H28N2O3S. The Morgan fingerprint density at radius 2 is 1.45 bits per heavy atom. The molecule has 118 valence electrons. The van der Waals surface area contributed by atoms with Crippen molar-refractivity contribution in [2.75, 3.05) is 25.1 Å². The highest BCUT2D eigenvalue weighted by molar-refractivity contribution is 7.98. The first-order valence-electron chi connectivity index (χ1n) is 7.39. The molecule has 0 aromatic heterocycles. The highest BCUT2D eigenvalue weighted by atomic mass is 32.2. The van der Waals surface area contributed by atoms with Gasteiger partial charge in [0, 0.05) is 19.5 Å². The highest BCUT2D eigenvalue weighted by Crippen LogP contribution is 2.02. The number of urea groups is 1. The molecule has 0 aliphatic carbocycles. The first-order valence-corrected chi connectivity index (χ1v) is 8.78. The Morgan fingerprint density at radius 3 is 2.00 bits per heavy atom. The van der Waals surface area contributed by atoms with E-state index in [1.165, 1.54) is 12.2 Å². The number of carbonyl (C=O) groups excluding carboxylic acids is 1. The fourth-order valence-corrected chi connectivity index (χ4v) is 2.26. The Hall–Kier alpha value is -0.910. The molecule has 0 saturated carbocycles. The lowest BCUT2D eigenvalue weighted by Crippen LogP contribution is -2.36. The Morgan fingerprint density at radius 1 is 0.900 bits per heavy atom. The predicted octanol–water partition coefficient (Wildman–Crippen LogP) is 2.85. The number of hydrogen-bond acceptors (Lipinski definition) is 3. The second-order valence-corrected chi connectivity index (χ2v) is 5.78. The maximum atomic E-state index is 11.4. The van der Waals surface area contributed by atoms with Gasteiger partial charge < -0.3 is 15.7 Å². The van der Waals surface area contributed by atoms with Crippen LogP contribution in [0, 0.1) is 0 Å². The zero-order valence-corrected chi connectivity index (χ0v) is 13.3. The Labute approximate surface area is 126 Å². The Balaban J connectivity index is 3.18. The molecule has 0 aromatic carbocycles. The standard InChI is InChI=1S/C14H28N2O3S/c1-20-12-8-4-7-11-16-14(19)15-10-6-3-2-5-9-13(17)18/h2-12H2,1H3,(H,17,18)(H2,15,16,19). The monoisotopic (exact) mass is 304 g/mol. The minimum Gasteiger partial charge on any atom is -0.481 e. The fourth-order valence-electron chi connectivity index (χ4n) is 1.77. The quantitative estimate of drug-likeness (QED) is 0.457. The normalized spacial score (nSPS) is 10.2. The molecule has 5 nitrogen and oxygen atoms in total. The van der Waals surface area contributed by atoms with Crippen LogP contribution < -0.4 is 10.6 Å². The van der Waals surface area contributed by atoms with Gasteiger partial charge in [-0.1, -0.05) is 19.3 Å². The number of aliphatic carboxylic acids is 1. The van der Waals surface area contributed by atoms with Gasteiger partial charge in [-0.25, -0.2) is 4.79 Å². The van der Waals surface area contributed by atoms with E-state index in [1.807, 2.05) is 11.8 Å². The predicted molar refractivity (Wildman–Crippen MR) is 84.4 cm³/mol. The maximum Gasteiger partial charge on any atom is 0.314 e. The van der Waals surface area contributed by atoms with E-state index in [-0.39, 0.29) is 12.5 Å². The number of carboxylic acid groups (broad SMARTS) is 1. The molecular weight excluding hydrogens is 276 g/mol. The minimum atomic E-state index is -0.736. The van der Waals surface area contributed by atoms with Crippen molar-refractivity contribution in [1.82, 2.24) is 10.6 Å². The molecule has 0 spiro atoms. The smallest absolute Gasteiger partial charge is 0.314 e. The summed E-state index contributed by atoms with van der Waals surface area (Å²) < 4.78 is 0. The van der Waals surface area contributed by atoms with Crippen LogP contribution in [0.15, 0.2) is 0 Å². The molecule has 0 saturated heterocycles. The van der Waals surface area contributed by atoms with Crippen molar-refractivity contribution in [3.05, 3.63) is 0 Å². The van der Waals surface area contributed by atoms with Crippen molar-refractivity contribution in [2.45, 2.75) is 51.4 Å². The second-order valence-electron chi connectivity index (χ2n) is 4.79. The molecule has 0 unspecified atom stereocenters. The molecule has 0 bridgehead atoms. The van der Waals surface area contributed by atoms with Crippen LogP contribution in [0.2, 0.25) is 0 Å². The van der Waals surface area contributed by atoms with Crippen LogP contribution in [0.4, 0.5) is 4.79 Å². The van der Waals surface area contributed by atoms with Crippen LogP contribution in [0.1, 0.15) is 51.4 Å². The molecule has 6 heteroatoms. The summed E-state index contributed by atoms with van der Waals surface area (Å²) in [6, 6.07) is -0.0968. The van der Waals surface area contributed by atoms with Gasteiger partial charge in [-0.15, -0.1) is 0 Å². The first kappa shape index (κ1) is 19.1. The summed E-state index contributed by atoms with van der Waals surface area (Å²) in [5.41, 5.74) is 0. The number of unbranched alkanes of at least 4 members (excludes halogenated alkanes) is 5. The third kappa shape index (κ3) is 15.1. The first-order chi connectivity index (χ1) is 9.66. The third-order valence-corrected chi connectivity index (χ3v) is 3.61. The van der Waals surface area contributed by atoms with Gasteiger partial charge in [-0.3, -0.25) is 4.79 Å². The van der Waals surface area contributed by atoms with E-state index in [0.29, 0.717) is 6.54 Å². The van der Waals surface area contributed by atoms with Crippen LogP contribution in [0.5, 0.6) is 0 Å². The number of carboxylic acids is 1. The fraction of sp³-hybridized carbons (Fsp3) is 0.857. The Kier molecular flexibility index (Phi) is 13.8. The zero-order valence-electron chi connectivity index (χ0n) is 12.5. The molecule has 0 aromatic rings. The molecule has 0 heterocycles. The molecule has 0 atom stereocenters. The summed E-state index contributed by atoms with van der Waals surface area (Å²) in [5.74, 6) is 0.452. The number of carbonyl (C=O) groups is 2. The third-order valence-electron chi connectivity index (χ3n) is 2.91. The van der Waals surface area contributed by atoms with Crippen LogP contribution >= 0.6 is 11.8 Å². The number of thioether (sulfide) groups is 1. The van der Waals surface area contributed by atoms with E-state index < -0.39 is 5.97 Å². The van der Waals surface area contributed by atoms with E-state index in [0.717, 1.165) is 45.1 Å². The molecule has 20 heavy (non-hydrogen) atoms. The summed E-state index contributed by atoms with van der Waals surface area (Å²) >= 11 is 1.85. The van der Waals surface area contributed by atoms with Gasteiger partial charge in [0.25, 0.3) is 0 Å². The van der Waals surface area contributed by atoms with Crippen LogP contribution in [-0.4, -0.2) is 42.2 Å². The minimum absolute atomic E-state index is 0.0968. The van der Waals surface area contributed by atoms with Gasteiger partial charge in [0.1, 0.15) is 0 Å². The van der Waals surface area contributed by atoms with Gasteiger partial charge in [-0.2, -0.15) is 11.8 Å². The van der Waals surface area contributed by atoms with Gasteiger partial charge >= 0.3 is 12.0 Å². The van der Waals surface area contributed by atoms with E-state index in [2.05, 4.69) is 16.9 Å². The SMILES string of the molecule is CSCCCCCNC(=O)NCCCCCCC(=O)O. The van der Waals surface area contributed by atoms with Crippen molar-refractivity contribution < 1.29 is 14.7 Å². The van der Waals surface area contributed by atoms with Gasteiger partial charge in [-0.05, 0) is 37.7 Å². The van der Waals surface area contributed by atoms with Gasteiger partial charge in [0.15, 0.2) is 0 Å². The zero-order chi connectivity index (χ0) is 15.1. The summed E-state index contributed by atoms with van der Waals surface area (Å²) in [4.78, 5) is 21.7. The number of amides is 2. The average Bonchev–Trinajstić information content (AvgIpc) is 2.41. The lowest BCUT2D eigenvalue weighted by Gasteiger charge is -2.07. The lowest BCUT2D eigenvalue weighted by molar-refractivity contribution is -0.137. The number of hydrogen-bond donors (Lipinski definition) is 3. The van der Waals surface area contributed by atoms with Crippen molar-refractivity contribution in [1.29, 1.82) is 0 Å². The molecule has 0 rings (SSSR count). The second kappa shape index (κ2) is 14.5. The highest BCUT2D eigenvalue weighted by Gasteiger charge is 1.99. The molecule has 0 fully saturated rings. The van der Waals surface area contributed by atoms with Crippen LogP contribution in [0.3, 0.4) is 0 Å². The molecule has 0 radical (unpaired) electrons. The molecule has 0 aliphatic heterocycles. The molecule has 2 amide bonds. The van der Waals surface area contributed by atoms with E-state index in [9.17, 15) is 9.59 Å². The topological polar surface area (TPSA) is 78.4 Å². The number of nitrogens with one attached hydrogen (secondary N) is 2. The summed E-state index contributed by atoms with van der Waals surface area (Å²) in [6.07, 6.45) is 9.23.